The van der Waals surface area contributed by atoms with Crippen LogP contribution in [-0.2, 0) is 9.53 Å². The topological polar surface area (TPSA) is 29.5 Å². The lowest BCUT2D eigenvalue weighted by molar-refractivity contribution is -0.135. The van der Waals surface area contributed by atoms with E-state index in [0.717, 1.165) is 0 Å². The summed E-state index contributed by atoms with van der Waals surface area (Å²) in [5, 5.41) is 0. The minimum atomic E-state index is 0.100. The number of carbonyl (C=O) groups is 1. The summed E-state index contributed by atoms with van der Waals surface area (Å²) < 4.78 is 5.28. The summed E-state index contributed by atoms with van der Waals surface area (Å²) in [6.45, 7) is 4.04. The molecule has 0 bridgehead atoms. The molecule has 1 atom stereocenters. The van der Waals surface area contributed by atoms with E-state index in [-0.39, 0.29) is 12.0 Å². The zero-order valence-corrected chi connectivity index (χ0v) is 7.51. The van der Waals surface area contributed by atoms with Crippen molar-refractivity contribution in [2.75, 3.05) is 25.4 Å². The van der Waals surface area contributed by atoms with E-state index in [0.29, 0.717) is 25.4 Å². The van der Waals surface area contributed by atoms with Crippen LogP contribution in [0.25, 0.3) is 0 Å². The van der Waals surface area contributed by atoms with Crippen LogP contribution >= 0.6 is 12.6 Å². The minimum Gasteiger partial charge on any atom is -0.375 e. The summed E-state index contributed by atoms with van der Waals surface area (Å²) in [5.74, 6) is 0.399. The fourth-order valence-electron chi connectivity index (χ4n) is 1.14. The number of amides is 1. The van der Waals surface area contributed by atoms with Crippen molar-refractivity contribution in [3.8, 4) is 0 Å². The van der Waals surface area contributed by atoms with Gasteiger partial charge in [0.15, 0.2) is 0 Å². The summed E-state index contributed by atoms with van der Waals surface area (Å²) in [4.78, 5) is 12.9. The molecule has 0 aromatic heterocycles. The molecule has 1 aliphatic heterocycles. The number of hydrogen-bond donors (Lipinski definition) is 1. The lowest BCUT2D eigenvalue weighted by Crippen LogP contribution is -2.45. The highest BCUT2D eigenvalue weighted by Gasteiger charge is 2.19. The highest BCUT2D eigenvalue weighted by atomic mass is 32.1. The Hall–Kier alpha value is -0.220. The Morgan fingerprint density at radius 1 is 1.82 bits per heavy atom. The second kappa shape index (κ2) is 3.97. The maximum absolute atomic E-state index is 11.1. The van der Waals surface area contributed by atoms with Crippen molar-refractivity contribution in [3.63, 3.8) is 0 Å². The Bertz CT molecular complexity index is 151. The number of rotatable bonds is 1. The van der Waals surface area contributed by atoms with E-state index in [9.17, 15) is 4.79 Å². The predicted molar refractivity (Wildman–Crippen MR) is 45.8 cm³/mol. The van der Waals surface area contributed by atoms with E-state index in [2.05, 4.69) is 12.6 Å². The van der Waals surface area contributed by atoms with Gasteiger partial charge >= 0.3 is 0 Å². The first-order valence-corrected chi connectivity index (χ1v) is 4.37. The molecule has 1 heterocycles. The summed E-state index contributed by atoms with van der Waals surface area (Å²) in [7, 11) is 0. The molecule has 1 amide bonds. The minimum absolute atomic E-state index is 0.100. The van der Waals surface area contributed by atoms with Crippen LogP contribution in [0.4, 0.5) is 0 Å². The zero-order chi connectivity index (χ0) is 8.27. The molecule has 1 fully saturated rings. The van der Waals surface area contributed by atoms with Gasteiger partial charge in [-0.2, -0.15) is 12.6 Å². The first kappa shape index (κ1) is 8.87. The largest absolute Gasteiger partial charge is 0.375 e. The van der Waals surface area contributed by atoms with Gasteiger partial charge in [0.25, 0.3) is 0 Å². The van der Waals surface area contributed by atoms with Crippen LogP contribution in [-0.4, -0.2) is 42.4 Å². The molecule has 1 saturated heterocycles. The smallest absolute Gasteiger partial charge is 0.232 e. The SMILES string of the molecule is CC1CN(C(=O)CS)CCO1. The van der Waals surface area contributed by atoms with Crippen LogP contribution in [0.2, 0.25) is 0 Å². The molecule has 1 rings (SSSR count). The van der Waals surface area contributed by atoms with Gasteiger partial charge in [0.2, 0.25) is 5.91 Å². The van der Waals surface area contributed by atoms with Crippen LogP contribution in [0.3, 0.4) is 0 Å². The Morgan fingerprint density at radius 2 is 2.55 bits per heavy atom. The molecule has 0 saturated carbocycles. The van der Waals surface area contributed by atoms with Gasteiger partial charge < -0.3 is 9.64 Å². The molecule has 0 aliphatic carbocycles. The van der Waals surface area contributed by atoms with E-state index in [1.54, 1.807) is 4.90 Å². The average molecular weight is 175 g/mol. The number of nitrogens with zero attached hydrogens (tertiary/aromatic N) is 1. The molecular formula is C7H13NO2S. The first-order valence-electron chi connectivity index (χ1n) is 3.74. The summed E-state index contributed by atoms with van der Waals surface area (Å²) in [6, 6.07) is 0. The average Bonchev–Trinajstić information content (AvgIpc) is 2.03. The van der Waals surface area contributed by atoms with Gasteiger partial charge in [0.1, 0.15) is 0 Å². The third-order valence-corrected chi connectivity index (χ3v) is 2.00. The van der Waals surface area contributed by atoms with Crippen LogP contribution in [0.15, 0.2) is 0 Å². The fourth-order valence-corrected chi connectivity index (χ4v) is 1.34. The van der Waals surface area contributed by atoms with Gasteiger partial charge in [-0.3, -0.25) is 4.79 Å². The molecule has 3 nitrogen and oxygen atoms in total. The summed E-state index contributed by atoms with van der Waals surface area (Å²) >= 11 is 3.92. The molecule has 64 valence electrons. The quantitative estimate of drug-likeness (QED) is 0.575. The van der Waals surface area contributed by atoms with Crippen molar-refractivity contribution in [1.82, 2.24) is 4.90 Å². The second-order valence-electron chi connectivity index (χ2n) is 2.68. The van der Waals surface area contributed by atoms with Crippen molar-refractivity contribution in [2.24, 2.45) is 0 Å². The van der Waals surface area contributed by atoms with Gasteiger partial charge in [-0.05, 0) is 6.92 Å². The van der Waals surface area contributed by atoms with E-state index in [1.807, 2.05) is 6.92 Å². The number of hydrogen-bond acceptors (Lipinski definition) is 3. The number of carbonyl (C=O) groups excluding carboxylic acids is 1. The monoisotopic (exact) mass is 175 g/mol. The van der Waals surface area contributed by atoms with Crippen molar-refractivity contribution >= 4 is 18.5 Å². The maximum atomic E-state index is 11.1. The van der Waals surface area contributed by atoms with Crippen molar-refractivity contribution in [1.29, 1.82) is 0 Å². The molecule has 1 aliphatic rings. The molecule has 11 heavy (non-hydrogen) atoms. The molecule has 1 unspecified atom stereocenters. The number of thiol groups is 1. The third kappa shape index (κ3) is 2.38. The molecular weight excluding hydrogens is 162 g/mol. The number of morpholine rings is 1. The summed E-state index contributed by atoms with van der Waals surface area (Å²) in [5.41, 5.74) is 0. The number of ether oxygens (including phenoxy) is 1. The van der Waals surface area contributed by atoms with Gasteiger partial charge in [0.05, 0.1) is 18.5 Å². The Kier molecular flexibility index (Phi) is 3.20. The van der Waals surface area contributed by atoms with E-state index in [1.165, 1.54) is 0 Å². The van der Waals surface area contributed by atoms with Crippen LogP contribution in [0, 0.1) is 0 Å². The van der Waals surface area contributed by atoms with Gasteiger partial charge in [-0.1, -0.05) is 0 Å². The Balaban J connectivity index is 2.39. The normalized spacial score (nSPS) is 25.3. The summed E-state index contributed by atoms with van der Waals surface area (Å²) in [6.07, 6.45) is 0.174. The van der Waals surface area contributed by atoms with Gasteiger partial charge in [-0.25, -0.2) is 0 Å². The van der Waals surface area contributed by atoms with Crippen molar-refractivity contribution in [3.05, 3.63) is 0 Å². The van der Waals surface area contributed by atoms with Crippen LogP contribution in [0.5, 0.6) is 0 Å². The van der Waals surface area contributed by atoms with Crippen molar-refractivity contribution in [2.45, 2.75) is 13.0 Å². The molecule has 0 spiro atoms. The highest BCUT2D eigenvalue weighted by Crippen LogP contribution is 2.04. The lowest BCUT2D eigenvalue weighted by atomic mass is 10.3. The van der Waals surface area contributed by atoms with Crippen molar-refractivity contribution < 1.29 is 9.53 Å². The van der Waals surface area contributed by atoms with Gasteiger partial charge in [-0.15, -0.1) is 0 Å². The fraction of sp³-hybridized carbons (Fsp3) is 0.857. The van der Waals surface area contributed by atoms with Crippen LogP contribution < -0.4 is 0 Å². The van der Waals surface area contributed by atoms with E-state index in [4.69, 9.17) is 4.74 Å². The first-order chi connectivity index (χ1) is 5.24. The zero-order valence-electron chi connectivity index (χ0n) is 6.62. The molecule has 0 aromatic carbocycles. The molecule has 0 radical (unpaired) electrons. The van der Waals surface area contributed by atoms with E-state index >= 15 is 0 Å². The standard InChI is InChI=1S/C7H13NO2S/c1-6-4-8(2-3-10-6)7(9)5-11/h6,11H,2-5H2,1H3. The van der Waals surface area contributed by atoms with Crippen LogP contribution in [0.1, 0.15) is 6.92 Å². The van der Waals surface area contributed by atoms with E-state index < -0.39 is 0 Å². The maximum Gasteiger partial charge on any atom is 0.232 e. The van der Waals surface area contributed by atoms with Gasteiger partial charge in [0, 0.05) is 13.1 Å². The third-order valence-electron chi connectivity index (χ3n) is 1.73. The lowest BCUT2D eigenvalue weighted by Gasteiger charge is -2.30. The molecule has 0 aromatic rings. The Labute approximate surface area is 72.1 Å². The molecule has 0 N–H and O–H groups in total. The highest BCUT2D eigenvalue weighted by molar-refractivity contribution is 7.81. The Morgan fingerprint density at radius 3 is 3.09 bits per heavy atom. The molecule has 4 heteroatoms. The predicted octanol–water partition coefficient (Wildman–Crippen LogP) is 0.164. The second-order valence-corrected chi connectivity index (χ2v) is 3.00.